The third-order valence-corrected chi connectivity index (χ3v) is 4.29. The molecule has 5 heteroatoms. The number of likely N-dealkylation sites (N-methyl/N-ethyl adjacent to an activating group) is 1. The molecule has 3 rings (SSSR count). The highest BCUT2D eigenvalue weighted by Gasteiger charge is 2.24. The molecule has 2 aliphatic rings. The molecule has 0 aliphatic carbocycles. The Bertz CT molecular complexity index is 491. The maximum atomic E-state index is 5.51. The van der Waals surface area contributed by atoms with Gasteiger partial charge in [0.05, 0.1) is 7.11 Å². The normalized spacial score (nSPS) is 21.5. The topological polar surface area (TPSA) is 43.0 Å². The largest absolute Gasteiger partial charge is 0.493 e. The van der Waals surface area contributed by atoms with E-state index >= 15 is 0 Å². The monoisotopic (exact) mass is 292 g/mol. The molecule has 5 nitrogen and oxygen atoms in total. The van der Waals surface area contributed by atoms with Crippen molar-refractivity contribution in [2.75, 3.05) is 34.0 Å². The van der Waals surface area contributed by atoms with Gasteiger partial charge < -0.3 is 19.5 Å². The minimum absolute atomic E-state index is 0.279. The van der Waals surface area contributed by atoms with Crippen LogP contribution in [0.4, 0.5) is 0 Å². The number of fused-ring (bicyclic) bond motifs is 1. The summed E-state index contributed by atoms with van der Waals surface area (Å²) in [5, 5.41) is 3.31. The van der Waals surface area contributed by atoms with E-state index in [1.165, 1.54) is 24.8 Å². The van der Waals surface area contributed by atoms with Crippen molar-refractivity contribution in [1.29, 1.82) is 0 Å². The number of piperidine rings is 1. The lowest BCUT2D eigenvalue weighted by Gasteiger charge is -2.35. The molecule has 0 spiro atoms. The molecule has 116 valence electrons. The molecule has 1 aromatic rings. The van der Waals surface area contributed by atoms with Gasteiger partial charge in [-0.15, -0.1) is 0 Å². The van der Waals surface area contributed by atoms with Gasteiger partial charge in [0.2, 0.25) is 12.5 Å². The summed E-state index contributed by atoms with van der Waals surface area (Å²) in [6.07, 6.45) is 3.87. The Morgan fingerprint density at radius 1 is 1.33 bits per heavy atom. The number of likely N-dealkylation sites (tertiary alicyclic amines) is 1. The van der Waals surface area contributed by atoms with Gasteiger partial charge in [0, 0.05) is 19.1 Å². The van der Waals surface area contributed by atoms with Crippen molar-refractivity contribution in [2.45, 2.75) is 31.8 Å². The van der Waals surface area contributed by atoms with E-state index in [9.17, 15) is 0 Å². The second kappa shape index (κ2) is 6.54. The van der Waals surface area contributed by atoms with Gasteiger partial charge in [-0.05, 0) is 44.1 Å². The fourth-order valence-corrected chi connectivity index (χ4v) is 3.24. The van der Waals surface area contributed by atoms with Gasteiger partial charge in [-0.3, -0.25) is 4.90 Å². The molecular formula is C16H24N2O3. The molecule has 1 unspecified atom stereocenters. The van der Waals surface area contributed by atoms with Crippen molar-refractivity contribution in [3.63, 3.8) is 0 Å². The third kappa shape index (κ3) is 3.09. The summed E-state index contributed by atoms with van der Waals surface area (Å²) >= 11 is 0. The predicted molar refractivity (Wildman–Crippen MR) is 81.1 cm³/mol. The molecule has 0 bridgehead atoms. The summed E-state index contributed by atoms with van der Waals surface area (Å²) in [7, 11) is 3.70. The lowest BCUT2D eigenvalue weighted by Crippen LogP contribution is -2.44. The molecule has 1 aromatic carbocycles. The number of hydrogen-bond acceptors (Lipinski definition) is 5. The van der Waals surface area contributed by atoms with Crippen LogP contribution in [-0.4, -0.2) is 45.0 Å². The van der Waals surface area contributed by atoms with E-state index in [1.54, 1.807) is 7.11 Å². The van der Waals surface area contributed by atoms with Gasteiger partial charge >= 0.3 is 0 Å². The summed E-state index contributed by atoms with van der Waals surface area (Å²) in [6, 6.07) is 4.76. The average molecular weight is 292 g/mol. The van der Waals surface area contributed by atoms with Crippen LogP contribution >= 0.6 is 0 Å². The molecule has 0 aromatic heterocycles. The van der Waals surface area contributed by atoms with Crippen molar-refractivity contribution in [3.05, 3.63) is 17.7 Å². The average Bonchev–Trinajstić information content (AvgIpc) is 2.97. The van der Waals surface area contributed by atoms with E-state index in [0.29, 0.717) is 6.04 Å². The summed E-state index contributed by atoms with van der Waals surface area (Å²) in [4.78, 5) is 2.55. The van der Waals surface area contributed by atoms with Gasteiger partial charge in [0.15, 0.2) is 11.5 Å². The van der Waals surface area contributed by atoms with Crippen LogP contribution in [0.25, 0.3) is 0 Å². The summed E-state index contributed by atoms with van der Waals surface area (Å²) in [5.74, 6) is 2.29. The molecule has 21 heavy (non-hydrogen) atoms. The number of hydrogen-bond donors (Lipinski definition) is 1. The molecule has 2 aliphatic heterocycles. The zero-order valence-electron chi connectivity index (χ0n) is 12.9. The molecule has 0 saturated carbocycles. The van der Waals surface area contributed by atoms with Gasteiger partial charge in [-0.25, -0.2) is 0 Å². The minimum atomic E-state index is 0.279. The Balaban J connectivity index is 1.77. The number of methoxy groups -OCH3 is 1. The smallest absolute Gasteiger partial charge is 0.231 e. The lowest BCUT2D eigenvalue weighted by molar-refractivity contribution is 0.139. The molecule has 0 amide bonds. The number of nitrogens with zero attached hydrogens (tertiary/aromatic N) is 1. The third-order valence-electron chi connectivity index (χ3n) is 4.29. The van der Waals surface area contributed by atoms with Crippen LogP contribution in [0.5, 0.6) is 17.2 Å². The van der Waals surface area contributed by atoms with E-state index in [-0.39, 0.29) is 6.79 Å². The number of benzene rings is 1. The zero-order valence-corrected chi connectivity index (χ0v) is 12.9. The maximum absolute atomic E-state index is 5.51. The summed E-state index contributed by atoms with van der Waals surface area (Å²) < 4.78 is 16.4. The zero-order chi connectivity index (χ0) is 14.7. The first kappa shape index (κ1) is 14.5. The highest BCUT2D eigenvalue weighted by molar-refractivity contribution is 5.55. The molecular weight excluding hydrogens is 268 g/mol. The Morgan fingerprint density at radius 3 is 3.05 bits per heavy atom. The fourth-order valence-electron chi connectivity index (χ4n) is 3.24. The minimum Gasteiger partial charge on any atom is -0.493 e. The van der Waals surface area contributed by atoms with Crippen molar-refractivity contribution in [3.8, 4) is 17.2 Å². The summed E-state index contributed by atoms with van der Waals surface area (Å²) in [6.45, 7) is 3.41. The van der Waals surface area contributed by atoms with Gasteiger partial charge in [-0.1, -0.05) is 6.42 Å². The first-order valence-corrected chi connectivity index (χ1v) is 7.67. The standard InChI is InChI=1S/C16H24N2O3/c1-17-9-13-5-3-4-6-18(13)10-12-7-14(19-2)16-15(8-12)20-11-21-16/h7-8,13,17H,3-6,9-11H2,1-2H3. The van der Waals surface area contributed by atoms with Crippen molar-refractivity contribution in [1.82, 2.24) is 10.2 Å². The maximum Gasteiger partial charge on any atom is 0.231 e. The Kier molecular flexibility index (Phi) is 4.51. The van der Waals surface area contributed by atoms with E-state index in [2.05, 4.69) is 22.3 Å². The molecule has 1 saturated heterocycles. The second-order valence-corrected chi connectivity index (χ2v) is 5.71. The fraction of sp³-hybridized carbons (Fsp3) is 0.625. The highest BCUT2D eigenvalue weighted by Crippen LogP contribution is 2.42. The van der Waals surface area contributed by atoms with Crippen molar-refractivity contribution < 1.29 is 14.2 Å². The van der Waals surface area contributed by atoms with Crippen LogP contribution < -0.4 is 19.5 Å². The predicted octanol–water partition coefficient (Wildman–Crippen LogP) is 2.00. The Morgan fingerprint density at radius 2 is 2.24 bits per heavy atom. The number of nitrogens with one attached hydrogen (secondary N) is 1. The van der Waals surface area contributed by atoms with Crippen LogP contribution in [0, 0.1) is 0 Å². The molecule has 1 fully saturated rings. The van der Waals surface area contributed by atoms with Gasteiger partial charge in [-0.2, -0.15) is 0 Å². The van der Waals surface area contributed by atoms with Crippen molar-refractivity contribution >= 4 is 0 Å². The van der Waals surface area contributed by atoms with Crippen LogP contribution in [0.1, 0.15) is 24.8 Å². The SMILES string of the molecule is CNCC1CCCCN1Cc1cc(OC)c2c(c1)OCO2. The van der Waals surface area contributed by atoms with E-state index in [0.717, 1.165) is 36.9 Å². The van der Waals surface area contributed by atoms with Crippen LogP contribution in [0.2, 0.25) is 0 Å². The first-order valence-electron chi connectivity index (χ1n) is 7.67. The molecule has 0 radical (unpaired) electrons. The van der Waals surface area contributed by atoms with Crippen LogP contribution in [0.15, 0.2) is 12.1 Å². The Hall–Kier alpha value is -1.46. The number of rotatable bonds is 5. The highest BCUT2D eigenvalue weighted by atomic mass is 16.7. The molecule has 1 atom stereocenters. The second-order valence-electron chi connectivity index (χ2n) is 5.71. The quantitative estimate of drug-likeness (QED) is 0.899. The molecule has 2 heterocycles. The summed E-state index contributed by atoms with van der Waals surface area (Å²) in [5.41, 5.74) is 1.22. The van der Waals surface area contributed by atoms with E-state index < -0.39 is 0 Å². The molecule has 1 N–H and O–H groups in total. The van der Waals surface area contributed by atoms with Crippen molar-refractivity contribution in [2.24, 2.45) is 0 Å². The van der Waals surface area contributed by atoms with E-state index in [1.807, 2.05) is 7.05 Å². The van der Waals surface area contributed by atoms with Gasteiger partial charge in [0.1, 0.15) is 0 Å². The van der Waals surface area contributed by atoms with E-state index in [4.69, 9.17) is 14.2 Å². The Labute approximate surface area is 126 Å². The number of ether oxygens (including phenoxy) is 3. The van der Waals surface area contributed by atoms with Gasteiger partial charge in [0.25, 0.3) is 0 Å². The van der Waals surface area contributed by atoms with Crippen LogP contribution in [-0.2, 0) is 6.54 Å². The first-order chi connectivity index (χ1) is 10.3. The lowest BCUT2D eigenvalue weighted by atomic mass is 10.0. The van der Waals surface area contributed by atoms with Crippen LogP contribution in [0.3, 0.4) is 0 Å².